The van der Waals surface area contributed by atoms with E-state index < -0.39 is 0 Å². The molecule has 0 radical (unpaired) electrons. The van der Waals surface area contributed by atoms with Gasteiger partial charge in [0.05, 0.1) is 27.3 Å². The van der Waals surface area contributed by atoms with Crippen molar-refractivity contribution in [3.05, 3.63) is 94.0 Å². The van der Waals surface area contributed by atoms with Gasteiger partial charge in [-0.2, -0.15) is 5.10 Å². The maximum absolute atomic E-state index is 13.5. The molecule has 2 aromatic carbocycles. The van der Waals surface area contributed by atoms with Crippen LogP contribution in [0.3, 0.4) is 0 Å². The monoisotopic (exact) mass is 524 g/mol. The Bertz CT molecular complexity index is 1750. The van der Waals surface area contributed by atoms with Gasteiger partial charge in [-0.25, -0.2) is 9.50 Å². The van der Waals surface area contributed by atoms with Crippen LogP contribution in [0, 0.1) is 12.3 Å². The molecule has 1 atom stereocenters. The number of hydrogen-bond acceptors (Lipinski definition) is 4. The molecule has 3 aromatic heterocycles. The van der Waals surface area contributed by atoms with Gasteiger partial charge in [-0.1, -0.05) is 31.5 Å². The van der Waals surface area contributed by atoms with E-state index in [0.29, 0.717) is 29.0 Å². The Hall–Kier alpha value is -3.77. The first kappa shape index (κ1) is 24.6. The van der Waals surface area contributed by atoms with Crippen molar-refractivity contribution >= 4 is 39.7 Å². The minimum absolute atomic E-state index is 0.0473. The molecule has 192 valence electrons. The summed E-state index contributed by atoms with van der Waals surface area (Å²) in [7, 11) is 0. The second kappa shape index (κ2) is 9.21. The fraction of sp³-hybridized carbons (Fsp3) is 0.290. The predicted molar refractivity (Wildman–Crippen MR) is 150 cm³/mol. The number of hydrogen-bond donors (Lipinski definition) is 0. The number of aryl methyl sites for hydroxylation is 2. The molecule has 0 N–H and O–H groups in total. The number of carbonyl (C=O) groups is 2. The van der Waals surface area contributed by atoms with E-state index >= 15 is 0 Å². The number of benzene rings is 2. The average molecular weight is 525 g/mol. The van der Waals surface area contributed by atoms with Crippen LogP contribution >= 0.6 is 11.6 Å². The molecular weight excluding hydrogens is 496 g/mol. The van der Waals surface area contributed by atoms with E-state index in [1.54, 1.807) is 12.4 Å². The van der Waals surface area contributed by atoms with E-state index in [4.69, 9.17) is 16.7 Å². The number of pyridine rings is 1. The molecule has 1 unspecified atom stereocenters. The molecule has 1 aliphatic carbocycles. The van der Waals surface area contributed by atoms with E-state index in [0.717, 1.165) is 47.2 Å². The fourth-order valence-electron chi connectivity index (χ4n) is 5.69. The van der Waals surface area contributed by atoms with E-state index in [9.17, 15) is 9.59 Å². The standard InChI is InChI=1S/C31H29ClN4O2/c1-4-29(37)20-6-9-26-28(13-20)35(18-33-26)21-7-8-22(24(32)14-21)30(38)16-31(3)12-11-25-23(15-31)27-10-5-19(2)17-36(27)34-25/h5-10,13-14,17-18H,4,11-12,15-16H2,1-3H3. The molecule has 0 amide bonds. The zero-order chi connectivity index (χ0) is 26.6. The molecule has 0 spiro atoms. The van der Waals surface area contributed by atoms with Crippen LogP contribution in [-0.2, 0) is 12.8 Å². The van der Waals surface area contributed by atoms with Crippen molar-refractivity contribution in [1.29, 1.82) is 0 Å². The van der Waals surface area contributed by atoms with Gasteiger partial charge in [0.1, 0.15) is 6.33 Å². The highest BCUT2D eigenvalue weighted by Gasteiger charge is 2.35. The lowest BCUT2D eigenvalue weighted by atomic mass is 9.71. The fourth-order valence-corrected chi connectivity index (χ4v) is 5.97. The highest BCUT2D eigenvalue weighted by Crippen LogP contribution is 2.41. The van der Waals surface area contributed by atoms with E-state index in [2.05, 4.69) is 37.2 Å². The summed E-state index contributed by atoms with van der Waals surface area (Å²) in [6.45, 7) is 6.11. The molecule has 5 aromatic rings. The van der Waals surface area contributed by atoms with Gasteiger partial charge >= 0.3 is 0 Å². The molecular formula is C31H29ClN4O2. The number of imidazole rings is 1. The maximum atomic E-state index is 13.5. The Labute approximate surface area is 226 Å². The number of fused-ring (bicyclic) bond motifs is 4. The van der Waals surface area contributed by atoms with E-state index in [1.807, 2.05) is 46.3 Å². The number of rotatable bonds is 6. The Morgan fingerprint density at radius 2 is 1.89 bits per heavy atom. The summed E-state index contributed by atoms with van der Waals surface area (Å²) in [6, 6.07) is 15.3. The minimum Gasteiger partial charge on any atom is -0.299 e. The van der Waals surface area contributed by atoms with E-state index in [1.165, 1.54) is 11.1 Å². The number of halogens is 1. The third-order valence-electron chi connectivity index (χ3n) is 7.84. The molecule has 7 heteroatoms. The number of carbonyl (C=O) groups excluding carboxylic acids is 2. The molecule has 6 rings (SSSR count). The van der Waals surface area contributed by atoms with Crippen LogP contribution in [0.1, 0.15) is 70.6 Å². The van der Waals surface area contributed by atoms with Gasteiger partial charge in [0.25, 0.3) is 0 Å². The predicted octanol–water partition coefficient (Wildman–Crippen LogP) is 7.00. The van der Waals surface area contributed by atoms with Gasteiger partial charge in [0.15, 0.2) is 11.6 Å². The molecule has 0 aliphatic heterocycles. The maximum Gasteiger partial charge on any atom is 0.164 e. The lowest BCUT2D eigenvalue weighted by Gasteiger charge is -2.32. The first-order valence-corrected chi connectivity index (χ1v) is 13.4. The van der Waals surface area contributed by atoms with Crippen LogP contribution in [0.5, 0.6) is 0 Å². The summed E-state index contributed by atoms with van der Waals surface area (Å²) >= 11 is 6.69. The summed E-state index contributed by atoms with van der Waals surface area (Å²) in [4.78, 5) is 30.2. The molecule has 0 saturated heterocycles. The summed E-state index contributed by atoms with van der Waals surface area (Å²) in [5, 5.41) is 5.21. The summed E-state index contributed by atoms with van der Waals surface area (Å²) < 4.78 is 3.88. The molecule has 0 fully saturated rings. The first-order chi connectivity index (χ1) is 18.2. The van der Waals surface area contributed by atoms with Gasteiger partial charge in [-0.15, -0.1) is 0 Å². The lowest BCUT2D eigenvalue weighted by Crippen LogP contribution is -2.28. The summed E-state index contributed by atoms with van der Waals surface area (Å²) in [5.41, 5.74) is 8.13. The van der Waals surface area contributed by atoms with Crippen LogP contribution in [0.2, 0.25) is 5.02 Å². The third-order valence-corrected chi connectivity index (χ3v) is 8.15. The Morgan fingerprint density at radius 3 is 2.68 bits per heavy atom. The van der Waals surface area contributed by atoms with Crippen molar-refractivity contribution in [3.8, 4) is 5.69 Å². The van der Waals surface area contributed by atoms with Gasteiger partial charge in [-0.05, 0) is 79.6 Å². The second-order valence-corrected chi connectivity index (χ2v) is 11.2. The van der Waals surface area contributed by atoms with Crippen LogP contribution in [0.15, 0.2) is 61.1 Å². The van der Waals surface area contributed by atoms with Gasteiger partial charge in [-0.3, -0.25) is 14.2 Å². The quantitative estimate of drug-likeness (QED) is 0.224. The Morgan fingerprint density at radius 1 is 1.05 bits per heavy atom. The van der Waals surface area contributed by atoms with Crippen LogP contribution < -0.4 is 0 Å². The van der Waals surface area contributed by atoms with Crippen molar-refractivity contribution in [2.45, 2.75) is 52.9 Å². The van der Waals surface area contributed by atoms with Crippen molar-refractivity contribution in [1.82, 2.24) is 19.2 Å². The molecule has 6 nitrogen and oxygen atoms in total. The highest BCUT2D eigenvalue weighted by molar-refractivity contribution is 6.34. The Kier molecular flexibility index (Phi) is 5.95. The van der Waals surface area contributed by atoms with Crippen molar-refractivity contribution in [2.75, 3.05) is 0 Å². The van der Waals surface area contributed by atoms with Crippen molar-refractivity contribution < 1.29 is 9.59 Å². The molecule has 0 bridgehead atoms. The molecule has 38 heavy (non-hydrogen) atoms. The zero-order valence-corrected chi connectivity index (χ0v) is 22.5. The van der Waals surface area contributed by atoms with Crippen LogP contribution in [0.25, 0.3) is 22.2 Å². The third kappa shape index (κ3) is 4.23. The summed E-state index contributed by atoms with van der Waals surface area (Å²) in [6.07, 6.45) is 7.23. The largest absolute Gasteiger partial charge is 0.299 e. The average Bonchev–Trinajstić information content (AvgIpc) is 3.47. The van der Waals surface area contributed by atoms with E-state index in [-0.39, 0.29) is 17.0 Å². The number of aromatic nitrogens is 4. The minimum atomic E-state index is -0.163. The molecule has 1 aliphatic rings. The van der Waals surface area contributed by atoms with Gasteiger partial charge in [0.2, 0.25) is 0 Å². The smallest absolute Gasteiger partial charge is 0.164 e. The number of Topliss-reactive ketones (excluding diaryl/α,β-unsaturated/α-hetero) is 2. The summed E-state index contributed by atoms with van der Waals surface area (Å²) in [5.74, 6) is 0.132. The second-order valence-electron chi connectivity index (χ2n) is 10.8. The van der Waals surface area contributed by atoms with Gasteiger partial charge < -0.3 is 0 Å². The SMILES string of the molecule is CCC(=O)c1ccc2ncn(-c3ccc(C(=O)CC4(C)CCc5nn6cc(C)ccc6c5C4)c(Cl)c3)c2c1. The zero-order valence-electron chi connectivity index (χ0n) is 21.8. The normalized spacial score (nSPS) is 17.2. The van der Waals surface area contributed by atoms with Crippen LogP contribution in [0.4, 0.5) is 0 Å². The van der Waals surface area contributed by atoms with Crippen molar-refractivity contribution in [3.63, 3.8) is 0 Å². The Balaban J connectivity index is 1.26. The lowest BCUT2D eigenvalue weighted by molar-refractivity contribution is 0.0908. The van der Waals surface area contributed by atoms with Gasteiger partial charge in [0, 0.05) is 41.4 Å². The number of ketones is 2. The molecule has 0 saturated carbocycles. The highest BCUT2D eigenvalue weighted by atomic mass is 35.5. The van der Waals surface area contributed by atoms with Crippen molar-refractivity contribution in [2.24, 2.45) is 5.41 Å². The van der Waals surface area contributed by atoms with Crippen LogP contribution in [-0.4, -0.2) is 30.7 Å². The first-order valence-electron chi connectivity index (χ1n) is 13.0. The topological polar surface area (TPSA) is 69.3 Å². The number of nitrogens with zero attached hydrogens (tertiary/aromatic N) is 4. The molecule has 3 heterocycles.